The van der Waals surface area contributed by atoms with Crippen LogP contribution in [-0.2, 0) is 30.5 Å². The highest BCUT2D eigenvalue weighted by Gasteiger charge is 2.27. The number of hydrogen-bond donors (Lipinski definition) is 1. The van der Waals surface area contributed by atoms with E-state index in [1.54, 1.807) is 12.1 Å². The maximum atomic E-state index is 12.3. The molecule has 1 unspecified atom stereocenters. The van der Waals surface area contributed by atoms with E-state index >= 15 is 0 Å². The molecular weight excluding hydrogens is 352 g/mol. The third-order valence-electron chi connectivity index (χ3n) is 3.89. The molecule has 0 amide bonds. The van der Waals surface area contributed by atoms with Crippen LogP contribution in [-0.4, -0.2) is 59.2 Å². The van der Waals surface area contributed by atoms with Gasteiger partial charge >= 0.3 is 0 Å². The van der Waals surface area contributed by atoms with Crippen LogP contribution in [0.3, 0.4) is 0 Å². The lowest BCUT2D eigenvalue weighted by Gasteiger charge is -2.30. The quantitative estimate of drug-likeness (QED) is 0.746. The molecule has 1 fully saturated rings. The van der Waals surface area contributed by atoms with E-state index in [-0.39, 0.29) is 24.2 Å². The molecule has 24 heavy (non-hydrogen) atoms. The van der Waals surface area contributed by atoms with Crippen molar-refractivity contribution in [1.29, 1.82) is 0 Å². The predicted octanol–water partition coefficient (Wildman–Crippen LogP) is 0.465. The largest absolute Gasteiger partial charge is 0.376 e. The van der Waals surface area contributed by atoms with Crippen LogP contribution in [0.5, 0.6) is 0 Å². The van der Waals surface area contributed by atoms with Gasteiger partial charge in [0, 0.05) is 19.6 Å². The molecule has 1 N–H and O–H groups in total. The Bertz CT molecular complexity index is 762. The van der Waals surface area contributed by atoms with Crippen molar-refractivity contribution in [2.45, 2.75) is 25.7 Å². The minimum absolute atomic E-state index is 0.137. The van der Waals surface area contributed by atoms with Gasteiger partial charge in [0.25, 0.3) is 0 Å². The second kappa shape index (κ2) is 7.92. The van der Waals surface area contributed by atoms with E-state index in [0.29, 0.717) is 25.3 Å². The number of nitrogens with one attached hydrogen (secondary N) is 1. The van der Waals surface area contributed by atoms with Gasteiger partial charge in [0.05, 0.1) is 24.2 Å². The lowest BCUT2D eigenvalue weighted by Crippen LogP contribution is -2.46. The molecule has 1 saturated heterocycles. The van der Waals surface area contributed by atoms with Gasteiger partial charge in [-0.05, 0) is 25.0 Å². The highest BCUT2D eigenvalue weighted by atomic mass is 32.2. The summed E-state index contributed by atoms with van der Waals surface area (Å²) < 4.78 is 57.8. The summed E-state index contributed by atoms with van der Waals surface area (Å²) in [4.78, 5) is 0. The molecule has 0 radical (unpaired) electrons. The van der Waals surface area contributed by atoms with Crippen LogP contribution in [0.2, 0.25) is 0 Å². The van der Waals surface area contributed by atoms with E-state index in [2.05, 4.69) is 4.72 Å². The first kappa shape index (κ1) is 19.3. The minimum Gasteiger partial charge on any atom is -0.376 e. The van der Waals surface area contributed by atoms with Crippen LogP contribution in [0, 0.1) is 6.92 Å². The van der Waals surface area contributed by atoms with E-state index in [0.717, 1.165) is 5.56 Å². The summed E-state index contributed by atoms with van der Waals surface area (Å²) >= 11 is 0. The van der Waals surface area contributed by atoms with Crippen LogP contribution in [0.15, 0.2) is 24.3 Å². The molecule has 9 heteroatoms. The second-order valence-electron chi connectivity index (χ2n) is 5.94. The summed E-state index contributed by atoms with van der Waals surface area (Å²) in [6, 6.07) is 7.21. The Kier molecular flexibility index (Phi) is 6.38. The lowest BCUT2D eigenvalue weighted by molar-refractivity contribution is 0.0102. The Labute approximate surface area is 144 Å². The Morgan fingerprint density at radius 1 is 1.25 bits per heavy atom. The van der Waals surface area contributed by atoms with E-state index in [1.165, 1.54) is 4.31 Å². The average Bonchev–Trinajstić information content (AvgIpc) is 2.49. The van der Waals surface area contributed by atoms with Crippen LogP contribution in [0.4, 0.5) is 0 Å². The smallest absolute Gasteiger partial charge is 0.215 e. The molecular formula is C15H24N2O5S2. The number of ether oxygens (including phenoxy) is 1. The highest BCUT2D eigenvalue weighted by Crippen LogP contribution is 2.12. The molecule has 1 aliphatic heterocycles. The van der Waals surface area contributed by atoms with Crippen molar-refractivity contribution in [3.8, 4) is 0 Å². The van der Waals surface area contributed by atoms with Crippen molar-refractivity contribution < 1.29 is 21.6 Å². The normalized spacial score (nSPS) is 20.2. The molecule has 136 valence electrons. The molecule has 0 spiro atoms. The molecule has 2 rings (SSSR count). The topological polar surface area (TPSA) is 92.8 Å². The molecule has 7 nitrogen and oxygen atoms in total. The Morgan fingerprint density at radius 2 is 1.96 bits per heavy atom. The lowest BCUT2D eigenvalue weighted by atomic mass is 10.1. The van der Waals surface area contributed by atoms with Gasteiger partial charge in [0.15, 0.2) is 0 Å². The van der Waals surface area contributed by atoms with Gasteiger partial charge in [-0.25, -0.2) is 21.6 Å². The zero-order valence-corrected chi connectivity index (χ0v) is 15.6. The summed E-state index contributed by atoms with van der Waals surface area (Å²) in [7, 11) is -7.07. The number of rotatable bonds is 7. The SMILES string of the molecule is Cc1ccccc1CS(=O)(=O)NCCS(=O)(=O)N1CCOC(C)C1. The Balaban J connectivity index is 1.89. The number of sulfonamides is 2. The van der Waals surface area contributed by atoms with Crippen molar-refractivity contribution in [2.24, 2.45) is 0 Å². The van der Waals surface area contributed by atoms with Crippen molar-refractivity contribution in [3.63, 3.8) is 0 Å². The summed E-state index contributed by atoms with van der Waals surface area (Å²) in [5.74, 6) is -0.416. The van der Waals surface area contributed by atoms with Gasteiger partial charge in [-0.1, -0.05) is 24.3 Å². The van der Waals surface area contributed by atoms with Gasteiger partial charge in [0.1, 0.15) is 0 Å². The Morgan fingerprint density at radius 3 is 2.62 bits per heavy atom. The third-order valence-corrected chi connectivity index (χ3v) is 7.06. The van der Waals surface area contributed by atoms with Crippen LogP contribution in [0.25, 0.3) is 0 Å². The third kappa shape index (κ3) is 5.52. The average molecular weight is 377 g/mol. The monoisotopic (exact) mass is 376 g/mol. The number of hydrogen-bond acceptors (Lipinski definition) is 5. The van der Waals surface area contributed by atoms with Crippen LogP contribution < -0.4 is 4.72 Å². The van der Waals surface area contributed by atoms with Gasteiger partial charge in [-0.3, -0.25) is 0 Å². The predicted molar refractivity (Wildman–Crippen MR) is 92.6 cm³/mol. The minimum atomic E-state index is -3.58. The molecule has 0 bridgehead atoms. The maximum Gasteiger partial charge on any atom is 0.215 e. The first-order valence-electron chi connectivity index (χ1n) is 7.81. The molecule has 0 saturated carbocycles. The zero-order chi connectivity index (χ0) is 17.8. The summed E-state index contributed by atoms with van der Waals surface area (Å²) in [6.07, 6.45) is -0.147. The summed E-state index contributed by atoms with van der Waals surface area (Å²) in [6.45, 7) is 4.49. The summed E-state index contributed by atoms with van der Waals surface area (Å²) in [5, 5.41) is 0. The number of morpholine rings is 1. The van der Waals surface area contributed by atoms with Gasteiger partial charge in [-0.15, -0.1) is 0 Å². The van der Waals surface area contributed by atoms with Crippen LogP contribution >= 0.6 is 0 Å². The first-order valence-corrected chi connectivity index (χ1v) is 11.1. The van der Waals surface area contributed by atoms with E-state index in [9.17, 15) is 16.8 Å². The fraction of sp³-hybridized carbons (Fsp3) is 0.600. The molecule has 1 aromatic carbocycles. The van der Waals surface area contributed by atoms with Crippen molar-refractivity contribution in [1.82, 2.24) is 9.03 Å². The van der Waals surface area contributed by atoms with Gasteiger partial charge in [0.2, 0.25) is 20.0 Å². The van der Waals surface area contributed by atoms with Crippen molar-refractivity contribution in [2.75, 3.05) is 32.0 Å². The number of aryl methyl sites for hydroxylation is 1. The fourth-order valence-corrected chi connectivity index (χ4v) is 5.31. The van der Waals surface area contributed by atoms with Crippen molar-refractivity contribution >= 4 is 20.0 Å². The zero-order valence-electron chi connectivity index (χ0n) is 13.9. The summed E-state index contributed by atoms with van der Waals surface area (Å²) in [5.41, 5.74) is 1.59. The molecule has 1 aromatic rings. The van der Waals surface area contributed by atoms with E-state index < -0.39 is 20.0 Å². The molecule has 1 atom stereocenters. The van der Waals surface area contributed by atoms with Crippen molar-refractivity contribution in [3.05, 3.63) is 35.4 Å². The fourth-order valence-electron chi connectivity index (χ4n) is 2.52. The molecule has 1 aliphatic rings. The van der Waals surface area contributed by atoms with E-state index in [4.69, 9.17) is 4.74 Å². The van der Waals surface area contributed by atoms with Crippen LogP contribution in [0.1, 0.15) is 18.1 Å². The first-order chi connectivity index (χ1) is 11.2. The standard InChI is InChI=1S/C15H24N2O5S2/c1-13-5-3-4-6-15(13)12-23(18,19)16-7-10-24(20,21)17-8-9-22-14(2)11-17/h3-6,14,16H,7-12H2,1-2H3. The molecule has 1 heterocycles. The number of nitrogens with zero attached hydrogens (tertiary/aromatic N) is 1. The number of benzene rings is 1. The highest BCUT2D eigenvalue weighted by molar-refractivity contribution is 7.89. The van der Waals surface area contributed by atoms with Gasteiger partial charge in [-0.2, -0.15) is 4.31 Å². The van der Waals surface area contributed by atoms with E-state index in [1.807, 2.05) is 26.0 Å². The second-order valence-corrected chi connectivity index (χ2v) is 9.83. The van der Waals surface area contributed by atoms with Gasteiger partial charge < -0.3 is 4.74 Å². The maximum absolute atomic E-state index is 12.3. The molecule has 0 aromatic heterocycles. The molecule has 0 aliphatic carbocycles. The Hall–Kier alpha value is -1.00.